The van der Waals surface area contributed by atoms with E-state index in [1.165, 1.54) is 0 Å². The van der Waals surface area contributed by atoms with E-state index in [0.29, 0.717) is 18.7 Å². The second kappa shape index (κ2) is 7.66. The maximum atomic E-state index is 12.7. The van der Waals surface area contributed by atoms with Gasteiger partial charge in [-0.1, -0.05) is 39.0 Å². The van der Waals surface area contributed by atoms with Crippen molar-refractivity contribution >= 4 is 11.0 Å². The number of para-hydroxylation sites is 1. The molecule has 3 aromatic rings. The summed E-state index contributed by atoms with van der Waals surface area (Å²) in [5, 5.41) is 9.15. The minimum atomic E-state index is -0.148. The molecule has 6 heteroatoms. The van der Waals surface area contributed by atoms with Crippen molar-refractivity contribution in [2.45, 2.75) is 45.7 Å². The Morgan fingerprint density at radius 2 is 1.96 bits per heavy atom. The largest absolute Gasteiger partial charge is 0.383 e. The number of benzene rings is 1. The highest BCUT2D eigenvalue weighted by Crippen LogP contribution is 2.29. The van der Waals surface area contributed by atoms with Crippen LogP contribution in [0.15, 0.2) is 41.2 Å². The van der Waals surface area contributed by atoms with Crippen LogP contribution in [0.25, 0.3) is 16.7 Å². The molecule has 0 bridgehead atoms. The van der Waals surface area contributed by atoms with Gasteiger partial charge < -0.3 is 15.0 Å². The third-order valence-corrected chi connectivity index (χ3v) is 4.53. The molecule has 0 aliphatic heterocycles. The number of pyridine rings is 1. The van der Waals surface area contributed by atoms with Crippen molar-refractivity contribution in [1.82, 2.24) is 20.1 Å². The van der Waals surface area contributed by atoms with Gasteiger partial charge in [0.05, 0.1) is 18.0 Å². The van der Waals surface area contributed by atoms with E-state index in [2.05, 4.69) is 31.1 Å². The second-order valence-electron chi connectivity index (χ2n) is 7.97. The number of hydrogen-bond acceptors (Lipinski definition) is 4. The van der Waals surface area contributed by atoms with E-state index in [9.17, 15) is 4.79 Å². The fraction of sp³-hybridized carbons (Fsp3) is 0.429. The summed E-state index contributed by atoms with van der Waals surface area (Å²) in [6.45, 7) is 9.51. The Balaban J connectivity index is 2.11. The number of methoxy groups -OCH3 is 1. The molecule has 2 aromatic heterocycles. The molecular formula is C21H28N4O2. The van der Waals surface area contributed by atoms with Crippen LogP contribution in [0.1, 0.15) is 39.0 Å². The van der Waals surface area contributed by atoms with Gasteiger partial charge in [-0.05, 0) is 25.1 Å². The summed E-state index contributed by atoms with van der Waals surface area (Å²) in [7, 11) is 1.67. The zero-order valence-electron chi connectivity index (χ0n) is 16.7. The van der Waals surface area contributed by atoms with Crippen LogP contribution in [0.4, 0.5) is 0 Å². The maximum Gasteiger partial charge on any atom is 0.254 e. The van der Waals surface area contributed by atoms with Gasteiger partial charge in [0.2, 0.25) is 0 Å². The lowest BCUT2D eigenvalue weighted by Gasteiger charge is -2.16. The fourth-order valence-corrected chi connectivity index (χ4v) is 3.15. The molecule has 0 fully saturated rings. The van der Waals surface area contributed by atoms with Gasteiger partial charge in [0, 0.05) is 36.1 Å². The molecule has 144 valence electrons. The molecule has 3 rings (SSSR count). The molecule has 0 aliphatic carbocycles. The molecule has 2 N–H and O–H groups in total. The molecule has 0 aliphatic rings. The number of nitrogens with zero attached hydrogens (tertiary/aromatic N) is 2. The van der Waals surface area contributed by atoms with E-state index >= 15 is 0 Å². The number of aromatic nitrogens is 3. The second-order valence-corrected chi connectivity index (χ2v) is 7.97. The molecule has 0 saturated carbocycles. The Kier molecular flexibility index (Phi) is 5.48. The van der Waals surface area contributed by atoms with Gasteiger partial charge in [0.25, 0.3) is 5.56 Å². The first kappa shape index (κ1) is 19.3. The summed E-state index contributed by atoms with van der Waals surface area (Å²) >= 11 is 0. The summed E-state index contributed by atoms with van der Waals surface area (Å²) in [4.78, 5) is 15.7. The van der Waals surface area contributed by atoms with Crippen LogP contribution in [0, 0.1) is 0 Å². The lowest BCUT2D eigenvalue weighted by molar-refractivity contribution is 0.171. The molecule has 0 amide bonds. The predicted molar refractivity (Wildman–Crippen MR) is 109 cm³/mol. The zero-order valence-corrected chi connectivity index (χ0v) is 16.7. The van der Waals surface area contributed by atoms with Gasteiger partial charge in [-0.2, -0.15) is 5.10 Å². The molecule has 6 nitrogen and oxygen atoms in total. The number of hydrogen-bond donors (Lipinski definition) is 2. The van der Waals surface area contributed by atoms with Crippen LogP contribution < -0.4 is 10.9 Å². The number of rotatable bonds is 6. The summed E-state index contributed by atoms with van der Waals surface area (Å²) in [6, 6.07) is 12.0. The van der Waals surface area contributed by atoms with E-state index in [1.807, 2.05) is 48.0 Å². The van der Waals surface area contributed by atoms with E-state index in [0.717, 1.165) is 22.4 Å². The predicted octanol–water partition coefficient (Wildman–Crippen LogP) is 3.14. The van der Waals surface area contributed by atoms with Crippen LogP contribution in [-0.4, -0.2) is 34.5 Å². The topological polar surface area (TPSA) is 71.9 Å². The first-order valence-electron chi connectivity index (χ1n) is 9.24. The monoisotopic (exact) mass is 368 g/mol. The summed E-state index contributed by atoms with van der Waals surface area (Å²) in [5.41, 5.74) is 3.06. The van der Waals surface area contributed by atoms with Crippen molar-refractivity contribution < 1.29 is 4.74 Å². The summed E-state index contributed by atoms with van der Waals surface area (Å²) in [6.07, 6.45) is 0. The Hall–Kier alpha value is -2.44. The number of H-pyrrole nitrogens is 1. The van der Waals surface area contributed by atoms with Gasteiger partial charge in [-0.15, -0.1) is 0 Å². The van der Waals surface area contributed by atoms with Gasteiger partial charge in [-0.3, -0.25) is 4.79 Å². The third kappa shape index (κ3) is 4.12. The number of ether oxygens (including phenoxy) is 1. The summed E-state index contributed by atoms with van der Waals surface area (Å²) < 4.78 is 6.97. The molecule has 0 saturated heterocycles. The first-order valence-corrected chi connectivity index (χ1v) is 9.24. The maximum absolute atomic E-state index is 12.7. The van der Waals surface area contributed by atoms with Crippen molar-refractivity contribution in [2.24, 2.45) is 0 Å². The Morgan fingerprint density at radius 1 is 1.26 bits per heavy atom. The molecule has 2 heterocycles. The van der Waals surface area contributed by atoms with E-state index < -0.39 is 0 Å². The fourth-order valence-electron chi connectivity index (χ4n) is 3.15. The smallest absolute Gasteiger partial charge is 0.254 e. The average molecular weight is 368 g/mol. The zero-order chi connectivity index (χ0) is 19.6. The highest BCUT2D eigenvalue weighted by Gasteiger charge is 2.24. The quantitative estimate of drug-likeness (QED) is 0.701. The molecular weight excluding hydrogens is 340 g/mol. The molecule has 1 aromatic carbocycles. The third-order valence-electron chi connectivity index (χ3n) is 4.53. The van der Waals surface area contributed by atoms with Crippen LogP contribution in [-0.2, 0) is 16.7 Å². The van der Waals surface area contributed by atoms with Crippen LogP contribution in [0.5, 0.6) is 0 Å². The van der Waals surface area contributed by atoms with Crippen LogP contribution >= 0.6 is 0 Å². The number of fused-ring (bicyclic) bond motifs is 1. The standard InChI is InChI=1S/C21H28N4O2/c1-14(13-27-5)22-12-15-11-17-18(21(2,3)4)24-25(19(17)23-20(15)26)16-9-7-6-8-10-16/h6-11,14,22H,12-13H2,1-5H3,(H,23,26)/t14-/m0/s1. The van der Waals surface area contributed by atoms with Gasteiger partial charge >= 0.3 is 0 Å². The average Bonchev–Trinajstić information content (AvgIpc) is 2.99. The van der Waals surface area contributed by atoms with Crippen molar-refractivity contribution in [3.05, 3.63) is 58.0 Å². The molecule has 0 spiro atoms. The number of nitrogens with one attached hydrogen (secondary N) is 2. The number of aromatic amines is 1. The van der Waals surface area contributed by atoms with E-state index in [-0.39, 0.29) is 17.0 Å². The van der Waals surface area contributed by atoms with Gasteiger partial charge in [0.15, 0.2) is 0 Å². The van der Waals surface area contributed by atoms with Crippen LogP contribution in [0.3, 0.4) is 0 Å². The normalized spacial score (nSPS) is 13.2. The molecule has 0 unspecified atom stereocenters. The van der Waals surface area contributed by atoms with Crippen molar-refractivity contribution in [3.8, 4) is 5.69 Å². The molecule has 1 atom stereocenters. The van der Waals surface area contributed by atoms with Crippen molar-refractivity contribution in [3.63, 3.8) is 0 Å². The Morgan fingerprint density at radius 3 is 2.59 bits per heavy atom. The lowest BCUT2D eigenvalue weighted by atomic mass is 9.90. The van der Waals surface area contributed by atoms with E-state index in [1.54, 1.807) is 7.11 Å². The highest BCUT2D eigenvalue weighted by atomic mass is 16.5. The van der Waals surface area contributed by atoms with E-state index in [4.69, 9.17) is 9.84 Å². The summed E-state index contributed by atoms with van der Waals surface area (Å²) in [5.74, 6) is 0. The van der Waals surface area contributed by atoms with Crippen LogP contribution in [0.2, 0.25) is 0 Å². The van der Waals surface area contributed by atoms with Crippen molar-refractivity contribution in [2.75, 3.05) is 13.7 Å². The van der Waals surface area contributed by atoms with Gasteiger partial charge in [0.1, 0.15) is 5.65 Å². The lowest BCUT2D eigenvalue weighted by Crippen LogP contribution is -2.31. The molecule has 0 radical (unpaired) electrons. The Bertz CT molecular complexity index is 967. The minimum absolute atomic E-state index is 0.0999. The first-order chi connectivity index (χ1) is 12.8. The van der Waals surface area contributed by atoms with Gasteiger partial charge in [-0.25, -0.2) is 4.68 Å². The highest BCUT2D eigenvalue weighted by molar-refractivity contribution is 5.81. The SMILES string of the molecule is COC[C@H](C)NCc1cc2c(C(C)(C)C)nn(-c3ccccc3)c2[nH]c1=O. The minimum Gasteiger partial charge on any atom is -0.383 e. The van der Waals surface area contributed by atoms with Crippen molar-refractivity contribution in [1.29, 1.82) is 0 Å². The Labute approximate surface area is 159 Å². The molecule has 27 heavy (non-hydrogen) atoms.